The van der Waals surface area contributed by atoms with E-state index < -0.39 is 0 Å². The topological polar surface area (TPSA) is 81.3 Å². The number of imidazole rings is 1. The van der Waals surface area contributed by atoms with Crippen molar-refractivity contribution in [3.63, 3.8) is 0 Å². The molecule has 4 rings (SSSR count). The molecule has 0 atom stereocenters. The molecule has 2 aromatic carbocycles. The van der Waals surface area contributed by atoms with Crippen LogP contribution >= 0.6 is 11.6 Å². The number of H-pyrrole nitrogens is 1. The van der Waals surface area contributed by atoms with Crippen molar-refractivity contribution in [2.24, 2.45) is 0 Å². The summed E-state index contributed by atoms with van der Waals surface area (Å²) in [5, 5.41) is 3.50. The maximum absolute atomic E-state index is 12.9. The van der Waals surface area contributed by atoms with Gasteiger partial charge in [-0.1, -0.05) is 23.7 Å². The Balaban J connectivity index is 1.28. The van der Waals surface area contributed by atoms with Gasteiger partial charge in [0, 0.05) is 48.7 Å². The van der Waals surface area contributed by atoms with E-state index in [2.05, 4.69) is 10.3 Å². The van der Waals surface area contributed by atoms with E-state index in [-0.39, 0.29) is 18.0 Å². The van der Waals surface area contributed by atoms with Crippen molar-refractivity contribution in [1.29, 1.82) is 0 Å². The number of rotatable bonds is 6. The zero-order chi connectivity index (χ0) is 23.4. The first-order valence-electron chi connectivity index (χ1n) is 11.5. The van der Waals surface area contributed by atoms with Gasteiger partial charge in [-0.05, 0) is 63.1 Å². The molecule has 2 heterocycles. The maximum atomic E-state index is 12.9. The number of aromatic nitrogens is 2. The normalized spacial score (nSPS) is 14.6. The summed E-state index contributed by atoms with van der Waals surface area (Å²) in [6.45, 7) is 5.69. The van der Waals surface area contributed by atoms with Gasteiger partial charge < -0.3 is 20.1 Å². The number of fused-ring (bicyclic) bond motifs is 1. The van der Waals surface area contributed by atoms with Crippen molar-refractivity contribution >= 4 is 40.3 Å². The third-order valence-electron chi connectivity index (χ3n) is 6.19. The van der Waals surface area contributed by atoms with Gasteiger partial charge in [0.2, 0.25) is 5.91 Å². The molecular weight excluding hydrogens is 438 g/mol. The van der Waals surface area contributed by atoms with Crippen LogP contribution < -0.4 is 5.32 Å². The lowest BCUT2D eigenvalue weighted by molar-refractivity contribution is -0.132. The van der Waals surface area contributed by atoms with Gasteiger partial charge in [-0.3, -0.25) is 4.79 Å². The van der Waals surface area contributed by atoms with Crippen molar-refractivity contribution in [2.75, 3.05) is 25.0 Å². The van der Waals surface area contributed by atoms with Crippen molar-refractivity contribution in [3.05, 3.63) is 59.4 Å². The fourth-order valence-corrected chi connectivity index (χ4v) is 4.39. The Hall–Kier alpha value is -3.06. The molecule has 1 fully saturated rings. The van der Waals surface area contributed by atoms with E-state index in [0.29, 0.717) is 42.7 Å². The minimum atomic E-state index is -0.219. The quantitative estimate of drug-likeness (QED) is 0.519. The summed E-state index contributed by atoms with van der Waals surface area (Å²) in [6, 6.07) is 14.8. The number of urea groups is 1. The summed E-state index contributed by atoms with van der Waals surface area (Å²) in [5.41, 5.74) is 2.71. The second kappa shape index (κ2) is 10.3. The van der Waals surface area contributed by atoms with Crippen molar-refractivity contribution in [2.45, 2.75) is 45.1 Å². The minimum absolute atomic E-state index is 0.0241. The number of para-hydroxylation sites is 2. The van der Waals surface area contributed by atoms with Crippen LogP contribution in [0.4, 0.5) is 10.5 Å². The molecule has 0 unspecified atom stereocenters. The number of carbonyl (C=O) groups is 2. The van der Waals surface area contributed by atoms with E-state index in [4.69, 9.17) is 16.6 Å². The number of likely N-dealkylation sites (tertiary alicyclic amines) is 1. The molecule has 0 radical (unpaired) electrons. The molecule has 174 valence electrons. The smallest absolute Gasteiger partial charge is 0.322 e. The molecule has 0 aliphatic carbocycles. The highest BCUT2D eigenvalue weighted by Gasteiger charge is 2.27. The summed E-state index contributed by atoms with van der Waals surface area (Å²) < 4.78 is 0. The number of piperidine rings is 1. The van der Waals surface area contributed by atoms with Crippen LogP contribution in [0.25, 0.3) is 11.0 Å². The largest absolute Gasteiger partial charge is 0.343 e. The lowest BCUT2D eigenvalue weighted by atomic mass is 9.96. The predicted molar refractivity (Wildman–Crippen MR) is 132 cm³/mol. The first-order chi connectivity index (χ1) is 15.9. The molecule has 3 aromatic rings. The van der Waals surface area contributed by atoms with E-state index in [1.54, 1.807) is 29.2 Å². The van der Waals surface area contributed by atoms with E-state index in [0.717, 1.165) is 29.7 Å². The molecule has 3 amide bonds. The van der Waals surface area contributed by atoms with E-state index in [1.165, 1.54) is 0 Å². The molecule has 8 heteroatoms. The van der Waals surface area contributed by atoms with E-state index >= 15 is 0 Å². The maximum Gasteiger partial charge on any atom is 0.322 e. The predicted octanol–water partition coefficient (Wildman–Crippen LogP) is 5.25. The van der Waals surface area contributed by atoms with Gasteiger partial charge in [-0.25, -0.2) is 9.78 Å². The SMILES string of the molecule is CC(C)N(CCC(=O)N1CCC(c2nc3ccccc3[nH]2)CC1)C(=O)Nc1ccc(Cl)cc1. The highest BCUT2D eigenvalue weighted by atomic mass is 35.5. The van der Waals surface area contributed by atoms with Crippen LogP contribution in [-0.4, -0.2) is 57.4 Å². The second-order valence-electron chi connectivity index (χ2n) is 8.77. The van der Waals surface area contributed by atoms with E-state index in [9.17, 15) is 9.59 Å². The number of nitrogens with one attached hydrogen (secondary N) is 2. The average Bonchev–Trinajstić information content (AvgIpc) is 3.25. The van der Waals surface area contributed by atoms with Crippen LogP contribution in [0.3, 0.4) is 0 Å². The number of aromatic amines is 1. The third kappa shape index (κ3) is 5.66. The van der Waals surface area contributed by atoms with Gasteiger partial charge in [0.1, 0.15) is 5.82 Å². The molecule has 0 bridgehead atoms. The number of anilines is 1. The van der Waals surface area contributed by atoms with Crippen LogP contribution in [0.15, 0.2) is 48.5 Å². The zero-order valence-electron chi connectivity index (χ0n) is 19.1. The standard InChI is InChI=1S/C25H30ClN5O2/c1-17(2)31(25(33)27-20-9-7-19(26)8-10-20)16-13-23(32)30-14-11-18(12-15-30)24-28-21-5-3-4-6-22(21)29-24/h3-10,17-18H,11-16H2,1-2H3,(H,27,33)(H,28,29). The van der Waals surface area contributed by atoms with Gasteiger partial charge in [0.05, 0.1) is 11.0 Å². The van der Waals surface area contributed by atoms with Crippen LogP contribution in [0.2, 0.25) is 5.02 Å². The molecule has 0 spiro atoms. The zero-order valence-corrected chi connectivity index (χ0v) is 19.8. The highest BCUT2D eigenvalue weighted by Crippen LogP contribution is 2.28. The summed E-state index contributed by atoms with van der Waals surface area (Å²) in [6.07, 6.45) is 2.08. The number of hydrogen-bond donors (Lipinski definition) is 2. The number of benzene rings is 2. The number of hydrogen-bond acceptors (Lipinski definition) is 3. The van der Waals surface area contributed by atoms with Gasteiger partial charge in [0.15, 0.2) is 0 Å². The summed E-state index contributed by atoms with van der Waals surface area (Å²) in [4.78, 5) is 37.4. The fourth-order valence-electron chi connectivity index (χ4n) is 4.27. The molecule has 33 heavy (non-hydrogen) atoms. The Kier molecular flexibility index (Phi) is 7.18. The molecule has 2 N–H and O–H groups in total. The molecule has 7 nitrogen and oxygen atoms in total. The number of amides is 3. The lowest BCUT2D eigenvalue weighted by Gasteiger charge is -2.32. The summed E-state index contributed by atoms with van der Waals surface area (Å²) in [7, 11) is 0. The van der Waals surface area contributed by atoms with Gasteiger partial charge >= 0.3 is 6.03 Å². The first kappa shape index (κ1) is 23.1. The van der Waals surface area contributed by atoms with Gasteiger partial charge in [0.25, 0.3) is 0 Å². The Morgan fingerprint density at radius 2 is 1.85 bits per heavy atom. The molecular formula is C25H30ClN5O2. The van der Waals surface area contributed by atoms with Gasteiger partial charge in [-0.2, -0.15) is 0 Å². The third-order valence-corrected chi connectivity index (χ3v) is 6.44. The minimum Gasteiger partial charge on any atom is -0.343 e. The van der Waals surface area contributed by atoms with E-state index in [1.807, 2.05) is 43.0 Å². The fraction of sp³-hybridized carbons (Fsp3) is 0.400. The monoisotopic (exact) mass is 467 g/mol. The van der Waals surface area contributed by atoms with Crippen LogP contribution in [-0.2, 0) is 4.79 Å². The van der Waals surface area contributed by atoms with Crippen molar-refractivity contribution in [1.82, 2.24) is 19.8 Å². The Morgan fingerprint density at radius 1 is 1.15 bits per heavy atom. The first-order valence-corrected chi connectivity index (χ1v) is 11.8. The average molecular weight is 468 g/mol. The van der Waals surface area contributed by atoms with Crippen LogP contribution in [0.1, 0.15) is 44.9 Å². The van der Waals surface area contributed by atoms with Crippen LogP contribution in [0.5, 0.6) is 0 Å². The molecule has 1 saturated heterocycles. The molecule has 0 saturated carbocycles. The lowest BCUT2D eigenvalue weighted by Crippen LogP contribution is -2.44. The molecule has 1 aliphatic heterocycles. The summed E-state index contributed by atoms with van der Waals surface area (Å²) in [5.74, 6) is 1.43. The Morgan fingerprint density at radius 3 is 2.52 bits per heavy atom. The molecule has 1 aromatic heterocycles. The van der Waals surface area contributed by atoms with Crippen molar-refractivity contribution < 1.29 is 9.59 Å². The number of halogens is 1. The second-order valence-corrected chi connectivity index (χ2v) is 9.20. The van der Waals surface area contributed by atoms with Crippen LogP contribution in [0, 0.1) is 0 Å². The Bertz CT molecular complexity index is 1070. The highest BCUT2D eigenvalue weighted by molar-refractivity contribution is 6.30. The summed E-state index contributed by atoms with van der Waals surface area (Å²) >= 11 is 5.91. The molecule has 1 aliphatic rings. The Labute approximate surface area is 199 Å². The van der Waals surface area contributed by atoms with Gasteiger partial charge in [-0.15, -0.1) is 0 Å². The van der Waals surface area contributed by atoms with Crippen molar-refractivity contribution in [3.8, 4) is 0 Å². The number of nitrogens with zero attached hydrogens (tertiary/aromatic N) is 3. The number of carbonyl (C=O) groups excluding carboxylic acids is 2.